The zero-order valence-electron chi connectivity index (χ0n) is 10.9. The number of halogens is 2. The van der Waals surface area contributed by atoms with Gasteiger partial charge in [0, 0.05) is 29.2 Å². The summed E-state index contributed by atoms with van der Waals surface area (Å²) in [7, 11) is 0. The lowest BCUT2D eigenvalue weighted by Gasteiger charge is -2.07. The van der Waals surface area contributed by atoms with E-state index >= 15 is 0 Å². The molecule has 2 nitrogen and oxygen atoms in total. The first-order valence-corrected chi connectivity index (χ1v) is 7.49. The Bertz CT molecular complexity index is 540. The molecule has 19 heavy (non-hydrogen) atoms. The summed E-state index contributed by atoms with van der Waals surface area (Å²) in [5.74, 6) is 0.575. The molecule has 100 valence electrons. The van der Waals surface area contributed by atoms with Gasteiger partial charge in [-0.05, 0) is 24.1 Å². The zero-order valence-corrected chi connectivity index (χ0v) is 12.5. The first-order chi connectivity index (χ1) is 9.22. The van der Waals surface area contributed by atoms with Crippen molar-refractivity contribution in [3.05, 3.63) is 58.9 Å². The Hall–Kier alpha value is -1.29. The SMILES string of the molecule is CCCc1nc(Cc2ccc(F)cc2)ncc1CBr. The van der Waals surface area contributed by atoms with Crippen molar-refractivity contribution in [2.24, 2.45) is 0 Å². The van der Waals surface area contributed by atoms with Crippen molar-refractivity contribution in [1.29, 1.82) is 0 Å². The highest BCUT2D eigenvalue weighted by atomic mass is 79.9. The molecule has 0 aliphatic carbocycles. The second kappa shape index (κ2) is 6.75. The van der Waals surface area contributed by atoms with Gasteiger partial charge < -0.3 is 0 Å². The maximum atomic E-state index is 12.9. The van der Waals surface area contributed by atoms with E-state index in [9.17, 15) is 4.39 Å². The number of hydrogen-bond donors (Lipinski definition) is 0. The van der Waals surface area contributed by atoms with Gasteiger partial charge in [0.25, 0.3) is 0 Å². The number of hydrogen-bond acceptors (Lipinski definition) is 2. The van der Waals surface area contributed by atoms with Crippen LogP contribution >= 0.6 is 15.9 Å². The van der Waals surface area contributed by atoms with Gasteiger partial charge in [-0.2, -0.15) is 0 Å². The summed E-state index contributed by atoms with van der Waals surface area (Å²) in [6.07, 6.45) is 4.54. The average molecular weight is 323 g/mol. The molecule has 1 aromatic heterocycles. The maximum Gasteiger partial charge on any atom is 0.132 e. The van der Waals surface area contributed by atoms with Crippen LogP contribution in [0, 0.1) is 5.82 Å². The van der Waals surface area contributed by atoms with Crippen LogP contribution in [0.15, 0.2) is 30.5 Å². The standard InChI is InChI=1S/C15H16BrFN2/c1-2-3-14-12(9-16)10-18-15(19-14)8-11-4-6-13(17)7-5-11/h4-7,10H,2-3,8-9H2,1H3. The van der Waals surface area contributed by atoms with Crippen molar-refractivity contribution in [1.82, 2.24) is 9.97 Å². The Kier molecular flexibility index (Phi) is 5.02. The fourth-order valence-electron chi connectivity index (χ4n) is 1.92. The first kappa shape index (κ1) is 14.1. The van der Waals surface area contributed by atoms with Crippen LogP contribution in [0.4, 0.5) is 4.39 Å². The van der Waals surface area contributed by atoms with Crippen LogP contribution in [0.5, 0.6) is 0 Å². The molecule has 0 aliphatic rings. The zero-order chi connectivity index (χ0) is 13.7. The minimum absolute atomic E-state index is 0.217. The van der Waals surface area contributed by atoms with E-state index in [2.05, 4.69) is 32.8 Å². The lowest BCUT2D eigenvalue weighted by Crippen LogP contribution is -2.04. The van der Waals surface area contributed by atoms with E-state index in [-0.39, 0.29) is 5.82 Å². The van der Waals surface area contributed by atoms with Crippen LogP contribution < -0.4 is 0 Å². The topological polar surface area (TPSA) is 25.8 Å². The summed E-state index contributed by atoms with van der Waals surface area (Å²) in [4.78, 5) is 8.99. The molecule has 1 heterocycles. The van der Waals surface area contributed by atoms with Crippen LogP contribution in [0.1, 0.15) is 36.0 Å². The van der Waals surface area contributed by atoms with Gasteiger partial charge in [0.05, 0.1) is 0 Å². The predicted molar refractivity (Wildman–Crippen MR) is 77.9 cm³/mol. The van der Waals surface area contributed by atoms with E-state index in [0.29, 0.717) is 6.42 Å². The second-order valence-electron chi connectivity index (χ2n) is 4.45. The van der Waals surface area contributed by atoms with Gasteiger partial charge in [0.15, 0.2) is 0 Å². The molecule has 0 spiro atoms. The van der Waals surface area contributed by atoms with Gasteiger partial charge in [-0.1, -0.05) is 41.4 Å². The highest BCUT2D eigenvalue weighted by Crippen LogP contribution is 2.14. The Labute approximate surface area is 121 Å². The molecule has 2 rings (SSSR count). The van der Waals surface area contributed by atoms with Gasteiger partial charge in [0.2, 0.25) is 0 Å². The normalized spacial score (nSPS) is 10.7. The first-order valence-electron chi connectivity index (χ1n) is 6.37. The van der Waals surface area contributed by atoms with Gasteiger partial charge in [-0.15, -0.1) is 0 Å². The number of aromatic nitrogens is 2. The van der Waals surface area contributed by atoms with Gasteiger partial charge in [-0.3, -0.25) is 0 Å². The number of benzene rings is 1. The Morgan fingerprint density at radius 1 is 1.21 bits per heavy atom. The minimum Gasteiger partial charge on any atom is -0.241 e. The number of nitrogens with zero attached hydrogens (tertiary/aromatic N) is 2. The maximum absolute atomic E-state index is 12.9. The molecule has 0 saturated heterocycles. The fraction of sp³-hybridized carbons (Fsp3) is 0.333. The summed E-state index contributed by atoms with van der Waals surface area (Å²) in [6.45, 7) is 2.14. The van der Waals surface area contributed by atoms with Crippen molar-refractivity contribution in [2.45, 2.75) is 31.5 Å². The van der Waals surface area contributed by atoms with Crippen molar-refractivity contribution < 1.29 is 4.39 Å². The van der Waals surface area contributed by atoms with E-state index in [1.165, 1.54) is 12.1 Å². The van der Waals surface area contributed by atoms with Crippen LogP contribution in [-0.2, 0) is 18.2 Å². The van der Waals surface area contributed by atoms with Crippen LogP contribution in [0.2, 0.25) is 0 Å². The van der Waals surface area contributed by atoms with Crippen molar-refractivity contribution in [3.63, 3.8) is 0 Å². The summed E-state index contributed by atoms with van der Waals surface area (Å²) in [5, 5.41) is 0.777. The molecule has 0 bridgehead atoms. The van der Waals surface area contributed by atoms with Crippen LogP contribution in [0.25, 0.3) is 0 Å². The molecule has 2 aromatic rings. The molecular weight excluding hydrogens is 307 g/mol. The average Bonchev–Trinajstić information content (AvgIpc) is 2.42. The Morgan fingerprint density at radius 2 is 1.95 bits per heavy atom. The summed E-state index contributed by atoms with van der Waals surface area (Å²) < 4.78 is 12.9. The Balaban J connectivity index is 2.20. The molecule has 0 amide bonds. The summed E-state index contributed by atoms with van der Waals surface area (Å²) in [6, 6.07) is 6.48. The third-order valence-corrected chi connectivity index (χ3v) is 3.51. The van der Waals surface area contributed by atoms with Gasteiger partial charge in [-0.25, -0.2) is 14.4 Å². The molecule has 1 aromatic carbocycles. The van der Waals surface area contributed by atoms with E-state index in [0.717, 1.165) is 40.8 Å². The molecule has 0 saturated carbocycles. The minimum atomic E-state index is -0.217. The van der Waals surface area contributed by atoms with Crippen molar-refractivity contribution in [2.75, 3.05) is 0 Å². The van der Waals surface area contributed by atoms with Gasteiger partial charge >= 0.3 is 0 Å². The largest absolute Gasteiger partial charge is 0.241 e. The highest BCUT2D eigenvalue weighted by molar-refractivity contribution is 9.08. The summed E-state index contributed by atoms with van der Waals surface area (Å²) >= 11 is 3.46. The quantitative estimate of drug-likeness (QED) is 0.776. The molecule has 0 N–H and O–H groups in total. The molecule has 4 heteroatoms. The highest BCUT2D eigenvalue weighted by Gasteiger charge is 2.06. The summed E-state index contributed by atoms with van der Waals surface area (Å²) in [5.41, 5.74) is 3.27. The van der Waals surface area contributed by atoms with Crippen LogP contribution in [-0.4, -0.2) is 9.97 Å². The fourth-order valence-corrected chi connectivity index (χ4v) is 2.39. The van der Waals surface area contributed by atoms with Gasteiger partial charge in [0.1, 0.15) is 11.6 Å². The Morgan fingerprint density at radius 3 is 2.58 bits per heavy atom. The molecular formula is C15H16BrFN2. The molecule has 0 fully saturated rings. The molecule has 0 aliphatic heterocycles. The van der Waals surface area contributed by atoms with Crippen molar-refractivity contribution >= 4 is 15.9 Å². The lowest BCUT2D eigenvalue weighted by atomic mass is 10.1. The van der Waals surface area contributed by atoms with Crippen LogP contribution in [0.3, 0.4) is 0 Å². The smallest absolute Gasteiger partial charge is 0.132 e. The molecule has 0 radical (unpaired) electrons. The van der Waals surface area contributed by atoms with Crippen molar-refractivity contribution in [3.8, 4) is 0 Å². The monoisotopic (exact) mass is 322 g/mol. The lowest BCUT2D eigenvalue weighted by molar-refractivity contribution is 0.627. The third kappa shape index (κ3) is 3.83. The molecule has 0 atom stereocenters. The number of rotatable bonds is 5. The third-order valence-electron chi connectivity index (χ3n) is 2.91. The van der Waals surface area contributed by atoms with E-state index in [1.807, 2.05) is 6.20 Å². The van der Waals surface area contributed by atoms with E-state index in [4.69, 9.17) is 0 Å². The number of alkyl halides is 1. The van der Waals surface area contributed by atoms with E-state index in [1.54, 1.807) is 12.1 Å². The predicted octanol–water partition coefficient (Wildman–Crippen LogP) is 4.05. The molecule has 0 unspecified atom stereocenters. The second-order valence-corrected chi connectivity index (χ2v) is 5.01. The number of aryl methyl sites for hydroxylation is 1. The van der Waals surface area contributed by atoms with E-state index < -0.39 is 0 Å².